The van der Waals surface area contributed by atoms with Gasteiger partial charge in [-0.1, -0.05) is 37.8 Å². The second kappa shape index (κ2) is 5.67. The van der Waals surface area contributed by atoms with Crippen LogP contribution in [0, 0.1) is 5.92 Å². The molecule has 1 saturated carbocycles. The monoisotopic (exact) mass is 224 g/mol. The molecule has 0 amide bonds. The number of hydrogen-bond acceptors (Lipinski definition) is 3. The molecule has 2 aliphatic rings. The minimum absolute atomic E-state index is 0.432. The quantitative estimate of drug-likeness (QED) is 0.422. The lowest BCUT2D eigenvalue weighted by atomic mass is 9.94. The van der Waals surface area contributed by atoms with E-state index in [1.165, 1.54) is 38.5 Å². The summed E-state index contributed by atoms with van der Waals surface area (Å²) in [5.74, 6) is 0.432. The van der Waals surface area contributed by atoms with Gasteiger partial charge in [-0.05, 0) is 12.8 Å². The molecule has 0 aromatic rings. The summed E-state index contributed by atoms with van der Waals surface area (Å²) in [5.41, 5.74) is 0.991. The molecule has 2 fully saturated rings. The van der Waals surface area contributed by atoms with Gasteiger partial charge in [-0.3, -0.25) is 4.90 Å². The number of piperidine rings is 1. The molecule has 1 N–H and O–H groups in total. The largest absolute Gasteiger partial charge is 0.411 e. The van der Waals surface area contributed by atoms with E-state index in [9.17, 15) is 0 Å². The smallest absolute Gasteiger partial charge is 0.0624 e. The fourth-order valence-electron chi connectivity index (χ4n) is 3.16. The molecule has 2 rings (SSSR count). The second-order valence-corrected chi connectivity index (χ2v) is 5.38. The Hall–Kier alpha value is -0.570. The van der Waals surface area contributed by atoms with Crippen molar-refractivity contribution in [2.45, 2.75) is 57.9 Å². The van der Waals surface area contributed by atoms with Crippen LogP contribution in [-0.4, -0.2) is 35.0 Å². The van der Waals surface area contributed by atoms with Crippen molar-refractivity contribution in [3.8, 4) is 0 Å². The van der Waals surface area contributed by atoms with Gasteiger partial charge in [-0.25, -0.2) is 0 Å². The Bertz CT molecular complexity index is 244. The number of likely N-dealkylation sites (tertiary alicyclic amines) is 1. The van der Waals surface area contributed by atoms with Crippen LogP contribution in [0.25, 0.3) is 0 Å². The van der Waals surface area contributed by atoms with E-state index in [1.807, 2.05) is 0 Å². The van der Waals surface area contributed by atoms with Gasteiger partial charge in [0.1, 0.15) is 0 Å². The third kappa shape index (κ3) is 2.76. The van der Waals surface area contributed by atoms with Crippen molar-refractivity contribution < 1.29 is 5.21 Å². The first-order valence-corrected chi connectivity index (χ1v) is 6.76. The van der Waals surface area contributed by atoms with Crippen molar-refractivity contribution in [1.29, 1.82) is 0 Å². The number of hydrogen-bond donors (Lipinski definition) is 1. The number of nitrogens with zero attached hydrogens (tertiary/aromatic N) is 2. The van der Waals surface area contributed by atoms with Gasteiger partial charge < -0.3 is 5.21 Å². The van der Waals surface area contributed by atoms with Gasteiger partial charge in [0.25, 0.3) is 0 Å². The first-order chi connectivity index (χ1) is 7.81. The van der Waals surface area contributed by atoms with Gasteiger partial charge >= 0.3 is 0 Å². The van der Waals surface area contributed by atoms with E-state index >= 15 is 0 Å². The molecule has 1 aliphatic carbocycles. The van der Waals surface area contributed by atoms with Crippen molar-refractivity contribution >= 4 is 5.71 Å². The fraction of sp³-hybridized carbons (Fsp3) is 0.923. The lowest BCUT2D eigenvalue weighted by Gasteiger charge is -2.37. The summed E-state index contributed by atoms with van der Waals surface area (Å²) < 4.78 is 0. The summed E-state index contributed by atoms with van der Waals surface area (Å²) in [6.45, 7) is 4.36. The van der Waals surface area contributed by atoms with E-state index < -0.39 is 0 Å². The Kier molecular flexibility index (Phi) is 4.22. The van der Waals surface area contributed by atoms with E-state index in [1.54, 1.807) is 0 Å². The lowest BCUT2D eigenvalue weighted by molar-refractivity contribution is 0.157. The minimum atomic E-state index is 0.432. The Morgan fingerprint density at radius 3 is 2.44 bits per heavy atom. The normalized spacial score (nSPS) is 32.8. The standard InChI is InChI=1S/C13H24N2O/c1-11-10-15(9-8-13(11)14-16)12-6-4-2-3-5-7-12/h11-12,16H,2-10H2,1H3. The number of rotatable bonds is 1. The summed E-state index contributed by atoms with van der Waals surface area (Å²) in [7, 11) is 0. The number of oxime groups is 1. The highest BCUT2D eigenvalue weighted by Gasteiger charge is 2.27. The Morgan fingerprint density at radius 1 is 1.19 bits per heavy atom. The zero-order valence-electron chi connectivity index (χ0n) is 10.4. The SMILES string of the molecule is CC1CN(C2CCCCCC2)CCC1=NO. The van der Waals surface area contributed by atoms with Crippen LogP contribution in [0.2, 0.25) is 0 Å². The maximum absolute atomic E-state index is 8.87. The van der Waals surface area contributed by atoms with E-state index in [0.717, 1.165) is 31.3 Å². The highest BCUT2D eigenvalue weighted by atomic mass is 16.4. The average Bonchev–Trinajstić information content (AvgIpc) is 2.57. The molecule has 1 unspecified atom stereocenters. The van der Waals surface area contributed by atoms with Gasteiger partial charge in [0.15, 0.2) is 0 Å². The molecule has 3 nitrogen and oxygen atoms in total. The topological polar surface area (TPSA) is 35.8 Å². The molecule has 0 bridgehead atoms. The maximum Gasteiger partial charge on any atom is 0.0624 e. The molecule has 0 spiro atoms. The van der Waals surface area contributed by atoms with Crippen LogP contribution in [0.1, 0.15) is 51.9 Å². The molecule has 92 valence electrons. The first-order valence-electron chi connectivity index (χ1n) is 6.76. The van der Waals surface area contributed by atoms with Crippen LogP contribution < -0.4 is 0 Å². The Labute approximate surface area is 98.5 Å². The van der Waals surface area contributed by atoms with Crippen LogP contribution in [0.5, 0.6) is 0 Å². The van der Waals surface area contributed by atoms with E-state index in [2.05, 4.69) is 17.0 Å². The van der Waals surface area contributed by atoms with Gasteiger partial charge in [0.05, 0.1) is 5.71 Å². The third-order valence-electron chi connectivity index (χ3n) is 4.20. The molecule has 1 heterocycles. The van der Waals surface area contributed by atoms with Crippen LogP contribution in [0.15, 0.2) is 5.16 Å². The molecule has 3 heteroatoms. The average molecular weight is 224 g/mol. The Morgan fingerprint density at radius 2 is 1.88 bits per heavy atom. The van der Waals surface area contributed by atoms with E-state index in [0.29, 0.717) is 5.92 Å². The maximum atomic E-state index is 8.87. The highest BCUT2D eigenvalue weighted by Crippen LogP contribution is 2.25. The third-order valence-corrected chi connectivity index (χ3v) is 4.20. The zero-order chi connectivity index (χ0) is 11.4. The van der Waals surface area contributed by atoms with Crippen molar-refractivity contribution in [2.24, 2.45) is 11.1 Å². The summed E-state index contributed by atoms with van der Waals surface area (Å²) in [6, 6.07) is 0.796. The summed E-state index contributed by atoms with van der Waals surface area (Å²) >= 11 is 0. The highest BCUT2D eigenvalue weighted by molar-refractivity contribution is 5.87. The molecule has 0 aromatic heterocycles. The zero-order valence-corrected chi connectivity index (χ0v) is 10.4. The second-order valence-electron chi connectivity index (χ2n) is 5.38. The minimum Gasteiger partial charge on any atom is -0.411 e. The van der Waals surface area contributed by atoms with Crippen molar-refractivity contribution in [1.82, 2.24) is 4.90 Å². The molecule has 1 aliphatic heterocycles. The first kappa shape index (κ1) is 11.9. The van der Waals surface area contributed by atoms with Crippen molar-refractivity contribution in [3.63, 3.8) is 0 Å². The van der Waals surface area contributed by atoms with Crippen LogP contribution in [-0.2, 0) is 0 Å². The van der Waals surface area contributed by atoms with E-state index in [4.69, 9.17) is 5.21 Å². The van der Waals surface area contributed by atoms with Crippen LogP contribution in [0.3, 0.4) is 0 Å². The fourth-order valence-corrected chi connectivity index (χ4v) is 3.16. The molecule has 16 heavy (non-hydrogen) atoms. The van der Waals surface area contributed by atoms with Gasteiger partial charge in [0.2, 0.25) is 0 Å². The lowest BCUT2D eigenvalue weighted by Crippen LogP contribution is -2.45. The molecular weight excluding hydrogens is 200 g/mol. The van der Waals surface area contributed by atoms with Gasteiger partial charge in [-0.2, -0.15) is 0 Å². The predicted molar refractivity (Wildman–Crippen MR) is 66.1 cm³/mol. The summed E-state index contributed by atoms with van der Waals surface area (Å²) in [5, 5.41) is 12.3. The molecule has 0 radical (unpaired) electrons. The van der Waals surface area contributed by atoms with Gasteiger partial charge in [0, 0.05) is 31.5 Å². The van der Waals surface area contributed by atoms with Crippen LogP contribution >= 0.6 is 0 Å². The van der Waals surface area contributed by atoms with E-state index in [-0.39, 0.29) is 0 Å². The molecular formula is C13H24N2O. The Balaban J connectivity index is 1.90. The summed E-state index contributed by atoms with van der Waals surface area (Å²) in [4.78, 5) is 2.63. The van der Waals surface area contributed by atoms with Crippen molar-refractivity contribution in [3.05, 3.63) is 0 Å². The predicted octanol–water partition coefficient (Wildman–Crippen LogP) is 2.88. The summed E-state index contributed by atoms with van der Waals surface area (Å²) in [6.07, 6.45) is 9.34. The van der Waals surface area contributed by atoms with Gasteiger partial charge in [-0.15, -0.1) is 0 Å². The molecule has 0 aromatic carbocycles. The van der Waals surface area contributed by atoms with Crippen LogP contribution in [0.4, 0.5) is 0 Å². The molecule has 1 atom stereocenters. The molecule has 1 saturated heterocycles. The van der Waals surface area contributed by atoms with Crippen molar-refractivity contribution in [2.75, 3.05) is 13.1 Å².